The molecule has 0 aromatic carbocycles. The maximum atomic E-state index is 10.5. The van der Waals surface area contributed by atoms with E-state index < -0.39 is 10.1 Å². The number of halogens is 1. The standard InChI is InChI=1S/C8H18O3S.Ca.FH.2H/c1-3-5-6-8(4-2)7-12(9,10)11;;;;/h8H,3-7H2,1-2H3,(H,9,10,11);;1H;;. The molecule has 0 radical (unpaired) electrons. The molecule has 1 N–H and O–H groups in total. The molecule has 0 amide bonds. The topological polar surface area (TPSA) is 54.4 Å². The summed E-state index contributed by atoms with van der Waals surface area (Å²) >= 11 is 0. The van der Waals surface area contributed by atoms with Crippen molar-refractivity contribution in [1.82, 2.24) is 0 Å². The molecule has 0 aliphatic rings. The van der Waals surface area contributed by atoms with Crippen molar-refractivity contribution in [3.05, 3.63) is 0 Å². The predicted octanol–water partition coefficient (Wildman–Crippen LogP) is 1.33. The van der Waals surface area contributed by atoms with E-state index in [0.717, 1.165) is 25.7 Å². The molecule has 0 saturated heterocycles. The summed E-state index contributed by atoms with van der Waals surface area (Å²) in [6, 6.07) is 0. The van der Waals surface area contributed by atoms with Crippen LogP contribution in [0, 0.1) is 5.92 Å². The molecular formula is C8H21CaFO3S. The van der Waals surface area contributed by atoms with Crippen LogP contribution >= 0.6 is 0 Å². The van der Waals surface area contributed by atoms with Gasteiger partial charge >= 0.3 is 37.7 Å². The van der Waals surface area contributed by atoms with E-state index in [9.17, 15) is 8.42 Å². The van der Waals surface area contributed by atoms with Crippen LogP contribution in [0.5, 0.6) is 0 Å². The Balaban J connectivity index is -0.000000605. The summed E-state index contributed by atoms with van der Waals surface area (Å²) in [7, 11) is -3.77. The summed E-state index contributed by atoms with van der Waals surface area (Å²) in [4.78, 5) is 0. The first-order valence-electron chi connectivity index (χ1n) is 4.44. The van der Waals surface area contributed by atoms with Gasteiger partial charge in [-0.05, 0) is 12.3 Å². The summed E-state index contributed by atoms with van der Waals surface area (Å²) < 4.78 is 29.6. The molecule has 0 saturated carbocycles. The van der Waals surface area contributed by atoms with Crippen LogP contribution in [0.15, 0.2) is 0 Å². The van der Waals surface area contributed by atoms with E-state index >= 15 is 0 Å². The van der Waals surface area contributed by atoms with Crippen molar-refractivity contribution in [3.63, 3.8) is 0 Å². The van der Waals surface area contributed by atoms with Crippen LogP contribution < -0.4 is 0 Å². The molecule has 0 bridgehead atoms. The Labute approximate surface area is 116 Å². The van der Waals surface area contributed by atoms with E-state index in [1.165, 1.54) is 0 Å². The summed E-state index contributed by atoms with van der Waals surface area (Å²) in [5.41, 5.74) is 0. The van der Waals surface area contributed by atoms with Crippen molar-refractivity contribution in [2.45, 2.75) is 39.5 Å². The first-order chi connectivity index (χ1) is 5.49. The average molecular weight is 256 g/mol. The van der Waals surface area contributed by atoms with E-state index in [4.69, 9.17) is 4.55 Å². The molecule has 0 aromatic rings. The van der Waals surface area contributed by atoms with Crippen LogP contribution in [-0.2, 0) is 10.1 Å². The fourth-order valence-electron chi connectivity index (χ4n) is 1.20. The van der Waals surface area contributed by atoms with Gasteiger partial charge in [0.25, 0.3) is 10.1 Å². The fraction of sp³-hybridized carbons (Fsp3) is 1.00. The van der Waals surface area contributed by atoms with Gasteiger partial charge in [-0.2, -0.15) is 8.42 Å². The number of hydrogen-bond acceptors (Lipinski definition) is 2. The third-order valence-electron chi connectivity index (χ3n) is 1.99. The summed E-state index contributed by atoms with van der Waals surface area (Å²) in [5.74, 6) is 0.0451. The Morgan fingerprint density at radius 1 is 1.29 bits per heavy atom. The average Bonchev–Trinajstić information content (AvgIpc) is 1.95. The molecule has 0 aliphatic carbocycles. The number of rotatable bonds is 6. The minimum atomic E-state index is -3.77. The van der Waals surface area contributed by atoms with Crippen LogP contribution in [0.4, 0.5) is 4.70 Å². The van der Waals surface area contributed by atoms with Crippen LogP contribution in [0.2, 0.25) is 0 Å². The van der Waals surface area contributed by atoms with Crippen molar-refractivity contribution in [2.75, 3.05) is 5.75 Å². The van der Waals surface area contributed by atoms with Gasteiger partial charge in [0.2, 0.25) is 0 Å². The van der Waals surface area contributed by atoms with Gasteiger partial charge in [0.1, 0.15) is 0 Å². The molecule has 6 heteroatoms. The molecule has 3 nitrogen and oxygen atoms in total. The predicted molar refractivity (Wildman–Crippen MR) is 60.8 cm³/mol. The molecular weight excluding hydrogens is 235 g/mol. The van der Waals surface area contributed by atoms with Crippen molar-refractivity contribution >= 4 is 47.9 Å². The molecule has 0 aromatic heterocycles. The molecule has 0 rings (SSSR count). The third kappa shape index (κ3) is 13.1. The van der Waals surface area contributed by atoms with E-state index in [-0.39, 0.29) is 54.1 Å². The molecule has 1 unspecified atom stereocenters. The van der Waals surface area contributed by atoms with E-state index in [2.05, 4.69) is 6.92 Å². The minimum absolute atomic E-state index is 0. The molecule has 0 spiro atoms. The summed E-state index contributed by atoms with van der Waals surface area (Å²) in [5, 5.41) is 0. The van der Waals surface area contributed by atoms with E-state index in [1.807, 2.05) is 6.92 Å². The monoisotopic (exact) mass is 256 g/mol. The van der Waals surface area contributed by atoms with Gasteiger partial charge in [0.05, 0.1) is 5.75 Å². The normalized spacial score (nSPS) is 12.5. The van der Waals surface area contributed by atoms with E-state index in [1.54, 1.807) is 0 Å². The summed E-state index contributed by atoms with van der Waals surface area (Å²) in [6.45, 7) is 4.02. The molecule has 0 fully saturated rings. The first kappa shape index (κ1) is 20.5. The second kappa shape index (κ2) is 10.6. The van der Waals surface area contributed by atoms with Crippen molar-refractivity contribution in [2.24, 2.45) is 5.92 Å². The van der Waals surface area contributed by atoms with Gasteiger partial charge in [-0.1, -0.05) is 33.1 Å². The Morgan fingerprint density at radius 3 is 2.07 bits per heavy atom. The van der Waals surface area contributed by atoms with Gasteiger partial charge in [-0.3, -0.25) is 9.26 Å². The van der Waals surface area contributed by atoms with Crippen LogP contribution in [0.3, 0.4) is 0 Å². The van der Waals surface area contributed by atoms with E-state index in [0.29, 0.717) is 0 Å². The fourth-order valence-corrected chi connectivity index (χ4v) is 2.19. The Kier molecular flexibility index (Phi) is 15.5. The van der Waals surface area contributed by atoms with Gasteiger partial charge < -0.3 is 0 Å². The van der Waals surface area contributed by atoms with Crippen molar-refractivity contribution in [1.29, 1.82) is 0 Å². The third-order valence-corrected chi connectivity index (χ3v) is 2.88. The molecule has 14 heavy (non-hydrogen) atoms. The molecule has 86 valence electrons. The van der Waals surface area contributed by atoms with Gasteiger partial charge in [-0.15, -0.1) is 0 Å². The van der Waals surface area contributed by atoms with Crippen LogP contribution in [-0.4, -0.2) is 56.5 Å². The second-order valence-corrected chi connectivity index (χ2v) is 4.66. The zero-order valence-electron chi connectivity index (χ0n) is 8.19. The zero-order chi connectivity index (χ0) is 9.61. The quantitative estimate of drug-likeness (QED) is 0.576. The van der Waals surface area contributed by atoms with Gasteiger partial charge in [-0.25, -0.2) is 0 Å². The maximum absolute atomic E-state index is 10.5. The molecule has 1 atom stereocenters. The number of unbranched alkanes of at least 4 members (excludes halogenated alkanes) is 1. The zero-order valence-corrected chi connectivity index (χ0v) is 9.01. The molecule has 0 aliphatic heterocycles. The van der Waals surface area contributed by atoms with Crippen LogP contribution in [0.25, 0.3) is 0 Å². The Morgan fingerprint density at radius 2 is 1.79 bits per heavy atom. The number of hydrogen-bond donors (Lipinski definition) is 1. The molecule has 0 heterocycles. The second-order valence-electron chi connectivity index (χ2n) is 3.17. The van der Waals surface area contributed by atoms with Gasteiger partial charge in [0.15, 0.2) is 0 Å². The Bertz CT molecular complexity index is 207. The summed E-state index contributed by atoms with van der Waals surface area (Å²) in [6.07, 6.45) is 3.82. The SMILES string of the molecule is CCCCC(CC)CS(=O)(=O)O.F.[CaH2]. The van der Waals surface area contributed by atoms with Gasteiger partial charge in [0, 0.05) is 0 Å². The first-order valence-corrected chi connectivity index (χ1v) is 6.05. The van der Waals surface area contributed by atoms with Crippen molar-refractivity contribution in [3.8, 4) is 0 Å². The Hall–Kier alpha value is 1.10. The van der Waals surface area contributed by atoms with Crippen molar-refractivity contribution < 1.29 is 17.7 Å². The van der Waals surface area contributed by atoms with Crippen LogP contribution in [0.1, 0.15) is 39.5 Å².